The van der Waals surface area contributed by atoms with Crippen LogP contribution in [0.4, 0.5) is 0 Å². The van der Waals surface area contributed by atoms with Gasteiger partial charge in [-0.25, -0.2) is 13.4 Å². The van der Waals surface area contributed by atoms with Gasteiger partial charge in [-0.3, -0.25) is 4.79 Å². The summed E-state index contributed by atoms with van der Waals surface area (Å²) in [6.45, 7) is 2.44. The van der Waals surface area contributed by atoms with Crippen LogP contribution in [0.15, 0.2) is 34.0 Å². The second-order valence-corrected chi connectivity index (χ2v) is 9.58. The van der Waals surface area contributed by atoms with Gasteiger partial charge in [0.1, 0.15) is 5.82 Å². The number of hydrogen-bond donors (Lipinski definition) is 1. The molecule has 2 unspecified atom stereocenters. The van der Waals surface area contributed by atoms with Gasteiger partial charge in [-0.2, -0.15) is 4.31 Å². The Morgan fingerprint density at radius 2 is 1.93 bits per heavy atom. The third-order valence-electron chi connectivity index (χ3n) is 6.02. The standard InChI is InChI=1S/C21H27N3O4S/c1-3-14-6-4-5-7-19(14)29(26,27)24-15-8-9-16(24)13-18-17(12-15)21(25)23-20(22-18)10-11-28-2/h4-7,15-16H,3,8-13H2,1-2H3,(H,22,23,25). The molecule has 29 heavy (non-hydrogen) atoms. The van der Waals surface area contributed by atoms with Crippen molar-refractivity contribution in [3.05, 3.63) is 57.3 Å². The third kappa shape index (κ3) is 3.65. The Morgan fingerprint density at radius 3 is 2.66 bits per heavy atom. The molecule has 1 fully saturated rings. The van der Waals surface area contributed by atoms with Crippen molar-refractivity contribution in [2.75, 3.05) is 13.7 Å². The molecule has 1 N–H and O–H groups in total. The Balaban J connectivity index is 1.72. The third-order valence-corrected chi connectivity index (χ3v) is 8.13. The molecule has 0 spiro atoms. The van der Waals surface area contributed by atoms with Crippen LogP contribution >= 0.6 is 0 Å². The number of benzene rings is 1. The Labute approximate surface area is 171 Å². The topological polar surface area (TPSA) is 92.4 Å². The van der Waals surface area contributed by atoms with E-state index in [9.17, 15) is 13.2 Å². The first-order valence-corrected chi connectivity index (χ1v) is 11.6. The highest BCUT2D eigenvalue weighted by molar-refractivity contribution is 7.89. The van der Waals surface area contributed by atoms with Crippen LogP contribution in [0.2, 0.25) is 0 Å². The van der Waals surface area contributed by atoms with Crippen LogP contribution in [-0.2, 0) is 40.4 Å². The minimum absolute atomic E-state index is 0.153. The van der Waals surface area contributed by atoms with Crippen LogP contribution in [0.5, 0.6) is 0 Å². The van der Waals surface area contributed by atoms with Crippen molar-refractivity contribution in [3.63, 3.8) is 0 Å². The highest BCUT2D eigenvalue weighted by atomic mass is 32.2. The number of nitrogens with one attached hydrogen (secondary N) is 1. The zero-order chi connectivity index (χ0) is 20.6. The van der Waals surface area contributed by atoms with Crippen LogP contribution in [0.1, 0.15) is 42.4 Å². The second-order valence-electron chi connectivity index (χ2n) is 7.77. The largest absolute Gasteiger partial charge is 0.384 e. The molecule has 2 bridgehead atoms. The van der Waals surface area contributed by atoms with E-state index in [1.807, 2.05) is 19.1 Å². The molecule has 8 heteroatoms. The van der Waals surface area contributed by atoms with Crippen LogP contribution in [0, 0.1) is 0 Å². The van der Waals surface area contributed by atoms with E-state index in [-0.39, 0.29) is 17.6 Å². The number of rotatable bonds is 6. The van der Waals surface area contributed by atoms with Crippen LogP contribution < -0.4 is 5.56 Å². The molecule has 7 nitrogen and oxygen atoms in total. The molecule has 2 atom stereocenters. The summed E-state index contributed by atoms with van der Waals surface area (Å²) in [5.74, 6) is 0.596. The summed E-state index contributed by atoms with van der Waals surface area (Å²) in [7, 11) is -2.04. The van der Waals surface area contributed by atoms with Gasteiger partial charge in [0.25, 0.3) is 5.56 Å². The molecular weight excluding hydrogens is 390 g/mol. The molecule has 0 saturated carbocycles. The summed E-state index contributed by atoms with van der Waals surface area (Å²) in [4.78, 5) is 20.6. The van der Waals surface area contributed by atoms with E-state index in [0.717, 1.165) is 24.1 Å². The van der Waals surface area contributed by atoms with Crippen LogP contribution in [-0.4, -0.2) is 48.5 Å². The molecule has 1 aromatic heterocycles. The second kappa shape index (κ2) is 8.01. The van der Waals surface area contributed by atoms with Crippen LogP contribution in [0.3, 0.4) is 0 Å². The Hall–Kier alpha value is -2.03. The molecule has 0 radical (unpaired) electrons. The van der Waals surface area contributed by atoms with Gasteiger partial charge < -0.3 is 9.72 Å². The molecule has 2 aliphatic rings. The number of H-pyrrole nitrogens is 1. The highest BCUT2D eigenvalue weighted by Crippen LogP contribution is 2.37. The van der Waals surface area contributed by atoms with E-state index in [0.29, 0.717) is 48.6 Å². The van der Waals surface area contributed by atoms with Crippen LogP contribution in [0.25, 0.3) is 0 Å². The van der Waals surface area contributed by atoms with E-state index < -0.39 is 10.0 Å². The first-order chi connectivity index (χ1) is 14.0. The molecule has 1 aromatic carbocycles. The molecular formula is C21H27N3O4S. The number of hydrogen-bond acceptors (Lipinski definition) is 5. The van der Waals surface area contributed by atoms with Crippen molar-refractivity contribution in [2.24, 2.45) is 0 Å². The quantitative estimate of drug-likeness (QED) is 0.774. The van der Waals surface area contributed by atoms with E-state index in [1.54, 1.807) is 23.5 Å². The summed E-state index contributed by atoms with van der Waals surface area (Å²) >= 11 is 0. The molecule has 156 valence electrons. The normalized spacial score (nSPS) is 21.7. The van der Waals surface area contributed by atoms with Gasteiger partial charge in [0.05, 0.1) is 17.2 Å². The van der Waals surface area contributed by atoms with E-state index in [1.165, 1.54) is 0 Å². The minimum atomic E-state index is -3.65. The molecule has 0 amide bonds. The molecule has 4 rings (SSSR count). The van der Waals surface area contributed by atoms with E-state index in [2.05, 4.69) is 9.97 Å². The fraction of sp³-hybridized carbons (Fsp3) is 0.524. The number of aromatic nitrogens is 2. The van der Waals surface area contributed by atoms with Gasteiger partial charge in [0.15, 0.2) is 0 Å². The summed E-state index contributed by atoms with van der Waals surface area (Å²) < 4.78 is 34.0. The Bertz CT molecular complexity index is 1060. The number of sulfonamides is 1. The average Bonchev–Trinajstić information content (AvgIpc) is 3.02. The highest BCUT2D eigenvalue weighted by Gasteiger charge is 2.45. The lowest BCUT2D eigenvalue weighted by molar-refractivity contribution is 0.200. The Morgan fingerprint density at radius 1 is 1.21 bits per heavy atom. The molecule has 2 aliphatic heterocycles. The fourth-order valence-electron chi connectivity index (χ4n) is 4.63. The van der Waals surface area contributed by atoms with Crippen molar-refractivity contribution in [3.8, 4) is 0 Å². The molecule has 3 heterocycles. The average molecular weight is 418 g/mol. The number of fused-ring (bicyclic) bond motifs is 3. The van der Waals surface area contributed by atoms with E-state index in [4.69, 9.17) is 4.74 Å². The van der Waals surface area contributed by atoms with Gasteiger partial charge in [-0.05, 0) is 37.3 Å². The first-order valence-electron chi connectivity index (χ1n) is 10.2. The predicted octanol–water partition coefficient (Wildman–Crippen LogP) is 1.84. The number of ether oxygens (including phenoxy) is 1. The number of nitrogens with zero attached hydrogens (tertiary/aromatic N) is 2. The SMILES string of the molecule is CCc1ccccc1S(=O)(=O)N1C2CCC1Cc1c(nc(CCOC)[nH]c1=O)C2. The summed E-state index contributed by atoms with van der Waals surface area (Å²) in [5, 5.41) is 0. The predicted molar refractivity (Wildman–Crippen MR) is 110 cm³/mol. The number of aromatic amines is 1. The smallest absolute Gasteiger partial charge is 0.254 e. The van der Waals surface area contributed by atoms with E-state index >= 15 is 0 Å². The maximum Gasteiger partial charge on any atom is 0.254 e. The lowest BCUT2D eigenvalue weighted by atomic mass is 9.98. The number of methoxy groups -OCH3 is 1. The molecule has 1 saturated heterocycles. The summed E-state index contributed by atoms with van der Waals surface area (Å²) in [6.07, 6.45) is 3.62. The van der Waals surface area contributed by atoms with Gasteiger partial charge in [-0.15, -0.1) is 0 Å². The summed E-state index contributed by atoms with van der Waals surface area (Å²) in [6, 6.07) is 6.84. The zero-order valence-corrected chi connectivity index (χ0v) is 17.7. The lowest BCUT2D eigenvalue weighted by Crippen LogP contribution is -2.42. The number of aryl methyl sites for hydroxylation is 1. The van der Waals surface area contributed by atoms with Crippen molar-refractivity contribution in [1.29, 1.82) is 0 Å². The van der Waals surface area contributed by atoms with Crippen molar-refractivity contribution >= 4 is 10.0 Å². The van der Waals surface area contributed by atoms with Crippen molar-refractivity contribution in [2.45, 2.75) is 62.4 Å². The molecule has 2 aromatic rings. The maximum absolute atomic E-state index is 13.6. The zero-order valence-electron chi connectivity index (χ0n) is 16.8. The summed E-state index contributed by atoms with van der Waals surface area (Å²) in [5.41, 5.74) is 2.03. The van der Waals surface area contributed by atoms with Gasteiger partial charge >= 0.3 is 0 Å². The van der Waals surface area contributed by atoms with Gasteiger partial charge in [0, 0.05) is 37.6 Å². The fourth-order valence-corrected chi connectivity index (χ4v) is 6.79. The molecule has 0 aliphatic carbocycles. The monoisotopic (exact) mass is 417 g/mol. The Kier molecular flexibility index (Phi) is 5.59. The van der Waals surface area contributed by atoms with Crippen molar-refractivity contribution in [1.82, 2.24) is 14.3 Å². The van der Waals surface area contributed by atoms with Gasteiger partial charge in [0.2, 0.25) is 10.0 Å². The van der Waals surface area contributed by atoms with Gasteiger partial charge in [-0.1, -0.05) is 25.1 Å². The van der Waals surface area contributed by atoms with Crippen molar-refractivity contribution < 1.29 is 13.2 Å². The minimum Gasteiger partial charge on any atom is -0.384 e. The maximum atomic E-state index is 13.6. The lowest BCUT2D eigenvalue weighted by Gasteiger charge is -2.28. The first kappa shape index (κ1) is 20.3.